The monoisotopic (exact) mass is 602 g/mol. The standard InChI is InChI=1S/C18H28O7S.C10H14O3S/c1-3-12(2)15(19)25-18-9-13-6-14(10-18)8-17(7-13,11-18)16(20)24-4-5-26(21,22)23;1-3-8(2)9-4-6-10(7-5-9)14(11,12)13/h12-14H,3-11H2,1-2H3,(H,21,22,23);4-8H,3H2,1-2H3,(H,11,12,13). The second-order valence-electron chi connectivity index (χ2n) is 11.9. The molecule has 12 heteroatoms. The molecule has 4 atom stereocenters. The Morgan fingerprint density at radius 3 is 2.00 bits per heavy atom. The molecule has 2 N–H and O–H groups in total. The molecule has 0 amide bonds. The number of carbonyl (C=O) groups excluding carboxylic acids is 2. The number of carbonyl (C=O) groups is 2. The minimum atomic E-state index is -4.16. The summed E-state index contributed by atoms with van der Waals surface area (Å²) in [5.74, 6) is -0.324. The molecule has 226 valence electrons. The Morgan fingerprint density at radius 2 is 1.52 bits per heavy atom. The van der Waals surface area contributed by atoms with E-state index in [0.29, 0.717) is 43.4 Å². The van der Waals surface area contributed by atoms with E-state index >= 15 is 0 Å². The Balaban J connectivity index is 0.000000267. The molecule has 0 spiro atoms. The van der Waals surface area contributed by atoms with Crippen molar-refractivity contribution in [2.24, 2.45) is 23.2 Å². The lowest BCUT2D eigenvalue weighted by Crippen LogP contribution is -2.60. The molecule has 0 aliphatic heterocycles. The highest BCUT2D eigenvalue weighted by Crippen LogP contribution is 2.63. The van der Waals surface area contributed by atoms with Crippen molar-refractivity contribution >= 4 is 32.2 Å². The van der Waals surface area contributed by atoms with Crippen LogP contribution in [0.25, 0.3) is 0 Å². The lowest BCUT2D eigenvalue weighted by molar-refractivity contribution is -0.214. The summed E-state index contributed by atoms with van der Waals surface area (Å²) in [6, 6.07) is 6.32. The second kappa shape index (κ2) is 12.5. The average Bonchev–Trinajstić information content (AvgIpc) is 2.85. The fourth-order valence-corrected chi connectivity index (χ4v) is 7.39. The molecule has 4 aliphatic rings. The molecular formula is C28H42O10S2. The molecule has 4 unspecified atom stereocenters. The molecule has 10 nitrogen and oxygen atoms in total. The first-order valence-corrected chi connectivity index (χ1v) is 17.0. The molecule has 4 saturated carbocycles. The van der Waals surface area contributed by atoms with Crippen molar-refractivity contribution in [1.29, 1.82) is 0 Å². The van der Waals surface area contributed by atoms with Gasteiger partial charge >= 0.3 is 11.9 Å². The first kappa shape index (κ1) is 32.5. The van der Waals surface area contributed by atoms with Crippen molar-refractivity contribution in [3.63, 3.8) is 0 Å². The molecule has 0 radical (unpaired) electrons. The molecular weight excluding hydrogens is 560 g/mol. The first-order chi connectivity index (χ1) is 18.5. The van der Waals surface area contributed by atoms with Crippen molar-refractivity contribution in [1.82, 2.24) is 0 Å². The predicted molar refractivity (Wildman–Crippen MR) is 148 cm³/mol. The van der Waals surface area contributed by atoms with E-state index in [1.807, 2.05) is 13.8 Å². The Bertz CT molecular complexity index is 1260. The zero-order valence-electron chi connectivity index (χ0n) is 23.7. The zero-order chi connectivity index (χ0) is 29.9. The number of rotatable bonds is 10. The van der Waals surface area contributed by atoms with E-state index in [9.17, 15) is 26.4 Å². The van der Waals surface area contributed by atoms with Gasteiger partial charge in [-0.2, -0.15) is 16.8 Å². The maximum Gasteiger partial charge on any atom is 0.312 e. The van der Waals surface area contributed by atoms with Crippen LogP contribution in [-0.2, 0) is 39.3 Å². The Morgan fingerprint density at radius 1 is 0.950 bits per heavy atom. The molecule has 4 bridgehead atoms. The summed E-state index contributed by atoms with van der Waals surface area (Å²) in [6.45, 7) is 7.58. The number of ether oxygens (including phenoxy) is 2. The molecule has 0 saturated heterocycles. The minimum Gasteiger partial charge on any atom is -0.464 e. The van der Waals surface area contributed by atoms with Crippen molar-refractivity contribution in [2.75, 3.05) is 12.4 Å². The van der Waals surface area contributed by atoms with Gasteiger partial charge in [0.15, 0.2) is 0 Å². The SMILES string of the molecule is CCC(C)C(=O)OC12CC3CC(C1)CC(C(=O)OCCS(=O)(=O)O)(C3)C2.CCC(C)c1ccc(S(=O)(=O)O)cc1. The Kier molecular flexibility index (Phi) is 10.1. The van der Waals surface area contributed by atoms with E-state index in [2.05, 4.69) is 13.8 Å². The smallest absolute Gasteiger partial charge is 0.312 e. The summed E-state index contributed by atoms with van der Waals surface area (Å²) in [7, 11) is -8.21. The molecule has 0 aromatic heterocycles. The molecule has 1 aromatic carbocycles. The highest BCUT2D eigenvalue weighted by molar-refractivity contribution is 7.86. The Labute approximate surface area is 237 Å². The van der Waals surface area contributed by atoms with Crippen LogP contribution in [0.1, 0.15) is 90.5 Å². The Hall–Kier alpha value is -2.02. The lowest BCUT2D eigenvalue weighted by atomic mass is 9.48. The minimum absolute atomic E-state index is 0.0513. The largest absolute Gasteiger partial charge is 0.464 e. The third kappa shape index (κ3) is 8.04. The fourth-order valence-electron chi connectivity index (χ4n) is 6.61. The van der Waals surface area contributed by atoms with Gasteiger partial charge in [-0.1, -0.05) is 39.8 Å². The van der Waals surface area contributed by atoms with Gasteiger partial charge in [0.25, 0.3) is 20.2 Å². The van der Waals surface area contributed by atoms with Crippen molar-refractivity contribution < 1.29 is 45.0 Å². The third-order valence-electron chi connectivity index (χ3n) is 8.71. The summed E-state index contributed by atoms with van der Waals surface area (Å²) < 4.78 is 71.9. The summed E-state index contributed by atoms with van der Waals surface area (Å²) in [6.07, 6.45) is 6.23. The maximum atomic E-state index is 12.8. The second-order valence-corrected chi connectivity index (χ2v) is 14.9. The van der Waals surface area contributed by atoms with E-state index in [4.69, 9.17) is 18.6 Å². The molecule has 4 aliphatic carbocycles. The van der Waals surface area contributed by atoms with E-state index in [-0.39, 0.29) is 23.4 Å². The maximum absolute atomic E-state index is 12.8. The summed E-state index contributed by atoms with van der Waals surface area (Å²) in [5.41, 5.74) is -0.203. The number of esters is 2. The van der Waals surface area contributed by atoms with Gasteiger partial charge < -0.3 is 9.47 Å². The summed E-state index contributed by atoms with van der Waals surface area (Å²) in [5, 5.41) is 0. The van der Waals surface area contributed by atoms with Crippen LogP contribution >= 0.6 is 0 Å². The van der Waals surface area contributed by atoms with Crippen LogP contribution in [0.15, 0.2) is 29.2 Å². The van der Waals surface area contributed by atoms with Gasteiger partial charge in [0.05, 0.1) is 16.2 Å². The van der Waals surface area contributed by atoms with Crippen LogP contribution in [-0.4, -0.2) is 55.8 Å². The van der Waals surface area contributed by atoms with Gasteiger partial charge in [-0.25, -0.2) is 0 Å². The van der Waals surface area contributed by atoms with E-state index < -0.39 is 43.0 Å². The van der Waals surface area contributed by atoms with Crippen LogP contribution in [0.3, 0.4) is 0 Å². The average molecular weight is 603 g/mol. The molecule has 0 heterocycles. The quantitative estimate of drug-likeness (QED) is 0.281. The third-order valence-corrected chi connectivity index (χ3v) is 10.3. The number of benzene rings is 1. The summed E-state index contributed by atoms with van der Waals surface area (Å²) in [4.78, 5) is 25.1. The zero-order valence-corrected chi connectivity index (χ0v) is 25.3. The van der Waals surface area contributed by atoms with Gasteiger partial charge in [-0.3, -0.25) is 18.7 Å². The van der Waals surface area contributed by atoms with Crippen molar-refractivity contribution in [3.05, 3.63) is 29.8 Å². The van der Waals surface area contributed by atoms with Crippen molar-refractivity contribution in [3.8, 4) is 0 Å². The predicted octanol–water partition coefficient (Wildman–Crippen LogP) is 4.79. The molecule has 1 aromatic rings. The molecule has 5 rings (SSSR count). The van der Waals surface area contributed by atoms with Crippen LogP contribution in [0.4, 0.5) is 0 Å². The summed E-state index contributed by atoms with van der Waals surface area (Å²) >= 11 is 0. The van der Waals surface area contributed by atoms with E-state index in [1.54, 1.807) is 12.1 Å². The number of hydrogen-bond acceptors (Lipinski definition) is 8. The van der Waals surface area contributed by atoms with Gasteiger partial charge in [-0.05, 0) is 80.4 Å². The normalized spacial score (nSPS) is 28.6. The number of hydrogen-bond donors (Lipinski definition) is 2. The van der Waals surface area contributed by atoms with Gasteiger partial charge in [-0.15, -0.1) is 0 Å². The van der Waals surface area contributed by atoms with Gasteiger partial charge in [0, 0.05) is 6.42 Å². The first-order valence-electron chi connectivity index (χ1n) is 13.9. The van der Waals surface area contributed by atoms with Crippen LogP contribution in [0, 0.1) is 23.2 Å². The van der Waals surface area contributed by atoms with Crippen LogP contribution in [0.5, 0.6) is 0 Å². The van der Waals surface area contributed by atoms with E-state index in [1.165, 1.54) is 12.1 Å². The molecule has 4 fully saturated rings. The fraction of sp³-hybridized carbons (Fsp3) is 0.714. The van der Waals surface area contributed by atoms with Crippen LogP contribution < -0.4 is 0 Å². The molecule has 40 heavy (non-hydrogen) atoms. The highest BCUT2D eigenvalue weighted by atomic mass is 32.2. The van der Waals surface area contributed by atoms with E-state index in [0.717, 1.165) is 31.2 Å². The van der Waals surface area contributed by atoms with Gasteiger partial charge in [0.2, 0.25) is 0 Å². The van der Waals surface area contributed by atoms with Crippen molar-refractivity contribution in [2.45, 2.75) is 95.5 Å². The van der Waals surface area contributed by atoms with Crippen LogP contribution in [0.2, 0.25) is 0 Å². The topological polar surface area (TPSA) is 161 Å². The van der Waals surface area contributed by atoms with Gasteiger partial charge in [0.1, 0.15) is 18.0 Å². The lowest BCUT2D eigenvalue weighted by Gasteiger charge is -2.59. The highest BCUT2D eigenvalue weighted by Gasteiger charge is 2.63.